The number of methoxy groups -OCH3 is 1. The van der Waals surface area contributed by atoms with Crippen LogP contribution >= 0.6 is 0 Å². The van der Waals surface area contributed by atoms with E-state index >= 15 is 0 Å². The second-order valence-corrected chi connectivity index (χ2v) is 4.70. The first kappa shape index (κ1) is 12.6. The molecule has 0 spiro atoms. The summed E-state index contributed by atoms with van der Waals surface area (Å²) in [5.74, 6) is 0.680. The van der Waals surface area contributed by atoms with Gasteiger partial charge in [0.25, 0.3) is 0 Å². The molecule has 0 fully saturated rings. The molecule has 1 amide bonds. The molecule has 96 valence electrons. The van der Waals surface area contributed by atoms with Gasteiger partial charge in [0, 0.05) is 24.4 Å². The zero-order chi connectivity index (χ0) is 13.3. The Labute approximate surface area is 107 Å². The van der Waals surface area contributed by atoms with Crippen molar-refractivity contribution in [3.05, 3.63) is 23.8 Å². The largest absolute Gasteiger partial charge is 0.497 e. The number of Topliss-reactive ketones (excluding diaryl/α,β-unsaturated/α-hetero) is 1. The van der Waals surface area contributed by atoms with Crippen molar-refractivity contribution in [2.75, 3.05) is 18.6 Å². The second kappa shape index (κ2) is 4.80. The maximum atomic E-state index is 12.1. The van der Waals surface area contributed by atoms with E-state index in [1.54, 1.807) is 30.2 Å². The number of amides is 1. The molecule has 4 heteroatoms. The van der Waals surface area contributed by atoms with Gasteiger partial charge in [0.1, 0.15) is 5.75 Å². The minimum Gasteiger partial charge on any atom is -0.497 e. The molecule has 0 saturated heterocycles. The summed E-state index contributed by atoms with van der Waals surface area (Å²) in [6.07, 6.45) is 0.374. The zero-order valence-electron chi connectivity index (χ0n) is 10.9. The number of anilines is 1. The highest BCUT2D eigenvalue weighted by Gasteiger charge is 2.28. The third kappa shape index (κ3) is 2.10. The first-order chi connectivity index (χ1) is 8.54. The molecule has 1 aliphatic heterocycles. The Bertz CT molecular complexity index is 494. The van der Waals surface area contributed by atoms with Crippen molar-refractivity contribution < 1.29 is 14.3 Å². The van der Waals surface area contributed by atoms with Crippen molar-refractivity contribution in [2.24, 2.45) is 5.92 Å². The summed E-state index contributed by atoms with van der Waals surface area (Å²) in [6, 6.07) is 5.26. The number of ether oxygens (including phenoxy) is 1. The van der Waals surface area contributed by atoms with Crippen molar-refractivity contribution >= 4 is 17.4 Å². The number of hydrogen-bond donors (Lipinski definition) is 0. The molecule has 18 heavy (non-hydrogen) atoms. The first-order valence-corrected chi connectivity index (χ1v) is 6.07. The molecule has 1 heterocycles. The molecular formula is C14H17NO3. The van der Waals surface area contributed by atoms with E-state index in [0.29, 0.717) is 30.0 Å². The van der Waals surface area contributed by atoms with Crippen LogP contribution in [0.25, 0.3) is 0 Å². The van der Waals surface area contributed by atoms with Crippen LogP contribution in [0.1, 0.15) is 30.6 Å². The summed E-state index contributed by atoms with van der Waals surface area (Å²) in [5, 5.41) is 0. The molecule has 1 aromatic rings. The predicted octanol–water partition coefficient (Wildman–Crippen LogP) is 2.27. The quantitative estimate of drug-likeness (QED) is 0.805. The minimum atomic E-state index is -0.0758. The van der Waals surface area contributed by atoms with E-state index in [-0.39, 0.29) is 17.6 Å². The van der Waals surface area contributed by atoms with E-state index in [2.05, 4.69) is 0 Å². The van der Waals surface area contributed by atoms with Gasteiger partial charge in [-0.05, 0) is 18.2 Å². The molecule has 1 aromatic carbocycles. The average molecular weight is 247 g/mol. The van der Waals surface area contributed by atoms with Gasteiger partial charge in [-0.1, -0.05) is 13.8 Å². The predicted molar refractivity (Wildman–Crippen MR) is 69.1 cm³/mol. The molecule has 1 aliphatic rings. The van der Waals surface area contributed by atoms with Crippen LogP contribution in [0.2, 0.25) is 0 Å². The fourth-order valence-corrected chi connectivity index (χ4v) is 2.11. The third-order valence-electron chi connectivity index (χ3n) is 3.12. The molecular weight excluding hydrogens is 230 g/mol. The Balaban J connectivity index is 2.45. The highest BCUT2D eigenvalue weighted by atomic mass is 16.5. The summed E-state index contributed by atoms with van der Waals surface area (Å²) in [5.41, 5.74) is 1.28. The number of fused-ring (bicyclic) bond motifs is 1. The normalized spacial score (nSPS) is 14.7. The van der Waals surface area contributed by atoms with E-state index in [0.717, 1.165) is 0 Å². The van der Waals surface area contributed by atoms with Crippen LogP contribution < -0.4 is 9.64 Å². The van der Waals surface area contributed by atoms with Crippen LogP contribution in [-0.4, -0.2) is 25.3 Å². The summed E-state index contributed by atoms with van der Waals surface area (Å²) >= 11 is 0. The van der Waals surface area contributed by atoms with E-state index in [4.69, 9.17) is 4.74 Å². The summed E-state index contributed by atoms with van der Waals surface area (Å²) in [7, 11) is 1.56. The van der Waals surface area contributed by atoms with Gasteiger partial charge in [-0.2, -0.15) is 0 Å². The third-order valence-corrected chi connectivity index (χ3v) is 3.12. The van der Waals surface area contributed by atoms with Crippen molar-refractivity contribution in [2.45, 2.75) is 20.3 Å². The number of ketones is 1. The van der Waals surface area contributed by atoms with Crippen molar-refractivity contribution in [1.29, 1.82) is 0 Å². The van der Waals surface area contributed by atoms with Crippen molar-refractivity contribution in [3.63, 3.8) is 0 Å². The van der Waals surface area contributed by atoms with Crippen LogP contribution in [-0.2, 0) is 4.79 Å². The van der Waals surface area contributed by atoms with E-state index < -0.39 is 0 Å². The lowest BCUT2D eigenvalue weighted by Gasteiger charge is -2.30. The molecule has 0 aromatic heterocycles. The zero-order valence-corrected chi connectivity index (χ0v) is 10.9. The lowest BCUT2D eigenvalue weighted by Crippen LogP contribution is -2.39. The van der Waals surface area contributed by atoms with E-state index in [1.165, 1.54) is 0 Å². The van der Waals surface area contributed by atoms with Gasteiger partial charge in [-0.3, -0.25) is 9.59 Å². The molecule has 2 rings (SSSR count). The second-order valence-electron chi connectivity index (χ2n) is 4.70. The summed E-state index contributed by atoms with van der Waals surface area (Å²) in [4.78, 5) is 25.7. The Morgan fingerprint density at radius 1 is 1.39 bits per heavy atom. The maximum Gasteiger partial charge on any atom is 0.229 e. The van der Waals surface area contributed by atoms with Gasteiger partial charge < -0.3 is 9.64 Å². The Kier molecular flexibility index (Phi) is 3.36. The van der Waals surface area contributed by atoms with Crippen LogP contribution in [0.4, 0.5) is 5.69 Å². The molecule has 0 atom stereocenters. The van der Waals surface area contributed by atoms with Crippen LogP contribution in [0.15, 0.2) is 18.2 Å². The smallest absolute Gasteiger partial charge is 0.229 e. The molecule has 0 N–H and O–H groups in total. The Morgan fingerprint density at radius 2 is 2.11 bits per heavy atom. The number of nitrogens with zero attached hydrogens (tertiary/aromatic N) is 1. The highest BCUT2D eigenvalue weighted by Crippen LogP contribution is 2.31. The van der Waals surface area contributed by atoms with Crippen LogP contribution in [0.5, 0.6) is 5.75 Å². The number of hydrogen-bond acceptors (Lipinski definition) is 3. The molecule has 0 unspecified atom stereocenters. The molecule has 0 bridgehead atoms. The van der Waals surface area contributed by atoms with Gasteiger partial charge in [0.2, 0.25) is 5.91 Å². The van der Waals surface area contributed by atoms with E-state index in [9.17, 15) is 9.59 Å². The SMILES string of the molecule is COc1ccc2c(c1)C(=O)CCN2C(=O)C(C)C. The monoisotopic (exact) mass is 247 g/mol. The number of carbonyl (C=O) groups excluding carboxylic acids is 2. The van der Waals surface area contributed by atoms with Crippen LogP contribution in [0.3, 0.4) is 0 Å². The van der Waals surface area contributed by atoms with Crippen molar-refractivity contribution in [3.8, 4) is 5.75 Å². The number of benzene rings is 1. The lowest BCUT2D eigenvalue weighted by atomic mass is 9.98. The van der Waals surface area contributed by atoms with Crippen LogP contribution in [0, 0.1) is 5.92 Å². The maximum absolute atomic E-state index is 12.1. The van der Waals surface area contributed by atoms with Gasteiger partial charge in [-0.25, -0.2) is 0 Å². The summed E-state index contributed by atoms with van der Waals surface area (Å²) < 4.78 is 5.12. The van der Waals surface area contributed by atoms with E-state index in [1.807, 2.05) is 13.8 Å². The Morgan fingerprint density at radius 3 is 2.72 bits per heavy atom. The van der Waals surface area contributed by atoms with Gasteiger partial charge in [0.15, 0.2) is 5.78 Å². The number of rotatable bonds is 2. The first-order valence-electron chi connectivity index (χ1n) is 6.07. The minimum absolute atomic E-state index is 0.0499. The summed E-state index contributed by atoms with van der Waals surface area (Å²) in [6.45, 7) is 4.19. The van der Waals surface area contributed by atoms with Gasteiger partial charge in [0.05, 0.1) is 12.8 Å². The van der Waals surface area contributed by atoms with Gasteiger partial charge in [-0.15, -0.1) is 0 Å². The topological polar surface area (TPSA) is 46.6 Å². The van der Waals surface area contributed by atoms with Crippen molar-refractivity contribution in [1.82, 2.24) is 0 Å². The number of carbonyl (C=O) groups is 2. The average Bonchev–Trinajstić information content (AvgIpc) is 2.38. The lowest BCUT2D eigenvalue weighted by molar-refractivity contribution is -0.121. The Hall–Kier alpha value is -1.84. The molecule has 0 saturated carbocycles. The molecule has 0 radical (unpaired) electrons. The standard InChI is InChI=1S/C14H17NO3/c1-9(2)14(17)15-7-6-13(16)11-8-10(18-3)4-5-12(11)15/h4-5,8-9H,6-7H2,1-3H3. The molecule has 0 aliphatic carbocycles. The fraction of sp³-hybridized carbons (Fsp3) is 0.429. The molecule has 4 nitrogen and oxygen atoms in total. The van der Waals surface area contributed by atoms with Gasteiger partial charge >= 0.3 is 0 Å². The fourth-order valence-electron chi connectivity index (χ4n) is 2.11. The highest BCUT2D eigenvalue weighted by molar-refractivity contribution is 6.09.